The highest BCUT2D eigenvalue weighted by atomic mass is 16.3. The van der Waals surface area contributed by atoms with E-state index < -0.39 is 0 Å². The lowest BCUT2D eigenvalue weighted by molar-refractivity contribution is 0.668. The molecule has 0 bridgehead atoms. The van der Waals surface area contributed by atoms with Crippen molar-refractivity contribution in [2.24, 2.45) is 0 Å². The van der Waals surface area contributed by atoms with E-state index in [0.717, 1.165) is 50.1 Å². The highest BCUT2D eigenvalue weighted by Gasteiger charge is 2.15. The Labute approximate surface area is 254 Å². The molecule has 0 saturated heterocycles. The monoisotopic (exact) mass is 562 g/mol. The van der Waals surface area contributed by atoms with Gasteiger partial charge in [-0.1, -0.05) is 91.0 Å². The minimum Gasteiger partial charge on any atom is -0.456 e. The summed E-state index contributed by atoms with van der Waals surface area (Å²) in [7, 11) is 0. The van der Waals surface area contributed by atoms with Crippen LogP contribution in [0, 0.1) is 0 Å². The topological polar surface area (TPSA) is 29.3 Å². The van der Waals surface area contributed by atoms with Crippen LogP contribution in [0.5, 0.6) is 0 Å². The molecule has 9 aromatic rings. The van der Waals surface area contributed by atoms with Gasteiger partial charge in [0.15, 0.2) is 0 Å². The van der Waals surface area contributed by atoms with Crippen molar-refractivity contribution in [3.8, 4) is 11.1 Å². The summed E-state index contributed by atoms with van der Waals surface area (Å²) in [5.41, 5.74) is 7.36. The Morgan fingerprint density at radius 2 is 1.09 bits per heavy atom. The quantitative estimate of drug-likeness (QED) is 0.200. The van der Waals surface area contributed by atoms with E-state index in [4.69, 9.17) is 4.42 Å². The standard InChI is InChI=1S/C41H26N2O/c1-2-7-32(8-3-1)43(34-20-16-29-11-13-30-12-10-28-6-4-5-9-35(28)41(30)36(29)25-34)33-18-14-27(15-19-33)31-17-21-39-37(24-31)38-26-42-23-22-40(38)44-39/h1-26H. The third-order valence-corrected chi connectivity index (χ3v) is 8.71. The zero-order valence-corrected chi connectivity index (χ0v) is 23.8. The zero-order chi connectivity index (χ0) is 29.0. The van der Waals surface area contributed by atoms with E-state index in [0.29, 0.717) is 0 Å². The van der Waals surface area contributed by atoms with E-state index in [1.165, 1.54) is 32.3 Å². The summed E-state index contributed by atoms with van der Waals surface area (Å²) in [6, 6.07) is 52.1. The van der Waals surface area contributed by atoms with Crippen LogP contribution < -0.4 is 4.90 Å². The van der Waals surface area contributed by atoms with E-state index >= 15 is 0 Å². The number of nitrogens with zero attached hydrogens (tertiary/aromatic N) is 2. The Morgan fingerprint density at radius 1 is 0.432 bits per heavy atom. The normalized spacial score (nSPS) is 11.6. The molecule has 3 nitrogen and oxygen atoms in total. The van der Waals surface area contributed by atoms with Crippen molar-refractivity contribution >= 4 is 71.3 Å². The first kappa shape index (κ1) is 24.6. The molecule has 2 heterocycles. The summed E-state index contributed by atoms with van der Waals surface area (Å²) in [5, 5.41) is 9.69. The number of para-hydroxylation sites is 1. The summed E-state index contributed by atoms with van der Waals surface area (Å²) < 4.78 is 6.03. The molecule has 2 aromatic heterocycles. The maximum absolute atomic E-state index is 6.03. The fraction of sp³-hybridized carbons (Fsp3) is 0. The van der Waals surface area contributed by atoms with Gasteiger partial charge in [-0.25, -0.2) is 0 Å². The van der Waals surface area contributed by atoms with Crippen LogP contribution in [0.4, 0.5) is 17.1 Å². The van der Waals surface area contributed by atoms with Crippen molar-refractivity contribution in [2.45, 2.75) is 0 Å². The van der Waals surface area contributed by atoms with Crippen molar-refractivity contribution in [3.63, 3.8) is 0 Å². The number of hydrogen-bond acceptors (Lipinski definition) is 3. The first-order valence-corrected chi connectivity index (χ1v) is 14.9. The highest BCUT2D eigenvalue weighted by molar-refractivity contribution is 6.20. The molecule has 0 spiro atoms. The number of fused-ring (bicyclic) bond motifs is 8. The number of furan rings is 1. The molecule has 0 atom stereocenters. The number of rotatable bonds is 4. The Kier molecular flexibility index (Phi) is 5.50. The van der Waals surface area contributed by atoms with E-state index in [9.17, 15) is 0 Å². The highest BCUT2D eigenvalue weighted by Crippen LogP contribution is 2.40. The fourth-order valence-electron chi connectivity index (χ4n) is 6.58. The van der Waals surface area contributed by atoms with Gasteiger partial charge in [0, 0.05) is 40.2 Å². The Bertz CT molecular complexity index is 2490. The fourth-order valence-corrected chi connectivity index (χ4v) is 6.58. The first-order chi connectivity index (χ1) is 21.8. The zero-order valence-electron chi connectivity index (χ0n) is 23.8. The van der Waals surface area contributed by atoms with Crippen molar-refractivity contribution in [1.29, 1.82) is 0 Å². The van der Waals surface area contributed by atoms with Gasteiger partial charge in [-0.15, -0.1) is 0 Å². The van der Waals surface area contributed by atoms with Gasteiger partial charge < -0.3 is 9.32 Å². The summed E-state index contributed by atoms with van der Waals surface area (Å²) in [5.74, 6) is 0. The van der Waals surface area contributed by atoms with Crippen molar-refractivity contribution in [3.05, 3.63) is 158 Å². The van der Waals surface area contributed by atoms with Gasteiger partial charge >= 0.3 is 0 Å². The van der Waals surface area contributed by atoms with E-state index in [1.54, 1.807) is 6.20 Å². The van der Waals surface area contributed by atoms with Gasteiger partial charge in [0.2, 0.25) is 0 Å². The number of aromatic nitrogens is 1. The van der Waals surface area contributed by atoms with Crippen LogP contribution in [0.25, 0.3) is 65.4 Å². The average molecular weight is 563 g/mol. The lowest BCUT2D eigenvalue weighted by Crippen LogP contribution is -2.09. The van der Waals surface area contributed by atoms with Crippen molar-refractivity contribution in [1.82, 2.24) is 4.98 Å². The lowest BCUT2D eigenvalue weighted by Gasteiger charge is -2.26. The van der Waals surface area contributed by atoms with Crippen LogP contribution in [-0.4, -0.2) is 4.98 Å². The van der Waals surface area contributed by atoms with Crippen LogP contribution >= 0.6 is 0 Å². The van der Waals surface area contributed by atoms with Crippen LogP contribution in [0.1, 0.15) is 0 Å². The van der Waals surface area contributed by atoms with Gasteiger partial charge in [0.25, 0.3) is 0 Å². The number of benzene rings is 7. The van der Waals surface area contributed by atoms with Gasteiger partial charge in [-0.2, -0.15) is 0 Å². The number of hydrogen-bond donors (Lipinski definition) is 0. The SMILES string of the molecule is c1ccc(N(c2ccc(-c3ccc4oc5ccncc5c4c3)cc2)c2ccc3ccc4ccc5ccccc5c4c3c2)cc1. The minimum atomic E-state index is 0.858. The van der Waals surface area contributed by atoms with E-state index in [1.807, 2.05) is 12.3 Å². The number of anilines is 3. The van der Waals surface area contributed by atoms with Crippen molar-refractivity contribution < 1.29 is 4.42 Å². The smallest absolute Gasteiger partial charge is 0.138 e. The Morgan fingerprint density at radius 3 is 1.95 bits per heavy atom. The molecule has 9 rings (SSSR count). The van der Waals surface area contributed by atoms with Gasteiger partial charge in [-0.3, -0.25) is 4.98 Å². The largest absolute Gasteiger partial charge is 0.456 e. The lowest BCUT2D eigenvalue weighted by atomic mass is 9.96. The van der Waals surface area contributed by atoms with Gasteiger partial charge in [0.05, 0.1) is 0 Å². The molecular weight excluding hydrogens is 536 g/mol. The predicted octanol–water partition coefficient (Wildman–Crippen LogP) is 11.6. The summed E-state index contributed by atoms with van der Waals surface area (Å²) in [4.78, 5) is 6.65. The van der Waals surface area contributed by atoms with E-state index in [-0.39, 0.29) is 0 Å². The molecule has 0 unspecified atom stereocenters. The molecular formula is C41H26N2O. The maximum atomic E-state index is 6.03. The Hall–Kier alpha value is -5.93. The predicted molar refractivity (Wildman–Crippen MR) is 184 cm³/mol. The second kappa shape index (κ2) is 9.82. The second-order valence-electron chi connectivity index (χ2n) is 11.3. The molecule has 206 valence electrons. The molecule has 0 radical (unpaired) electrons. The van der Waals surface area contributed by atoms with Crippen LogP contribution in [-0.2, 0) is 0 Å². The van der Waals surface area contributed by atoms with Gasteiger partial charge in [0.1, 0.15) is 11.2 Å². The van der Waals surface area contributed by atoms with E-state index in [2.05, 4.69) is 149 Å². The molecule has 0 saturated carbocycles. The molecule has 0 amide bonds. The minimum absolute atomic E-state index is 0.858. The average Bonchev–Trinajstić information content (AvgIpc) is 3.47. The van der Waals surface area contributed by atoms with Gasteiger partial charge in [-0.05, 0) is 98.0 Å². The number of pyridine rings is 1. The Balaban J connectivity index is 1.19. The third kappa shape index (κ3) is 3.94. The van der Waals surface area contributed by atoms with Crippen LogP contribution in [0.3, 0.4) is 0 Å². The molecule has 7 aromatic carbocycles. The first-order valence-electron chi connectivity index (χ1n) is 14.9. The third-order valence-electron chi connectivity index (χ3n) is 8.71. The second-order valence-corrected chi connectivity index (χ2v) is 11.3. The summed E-state index contributed by atoms with van der Waals surface area (Å²) in [6.45, 7) is 0. The van der Waals surface area contributed by atoms with Crippen LogP contribution in [0.15, 0.2) is 162 Å². The molecule has 0 aliphatic carbocycles. The van der Waals surface area contributed by atoms with Crippen LogP contribution in [0.2, 0.25) is 0 Å². The molecule has 0 aliphatic heterocycles. The summed E-state index contributed by atoms with van der Waals surface area (Å²) >= 11 is 0. The molecule has 44 heavy (non-hydrogen) atoms. The summed E-state index contributed by atoms with van der Waals surface area (Å²) in [6.07, 6.45) is 3.64. The maximum Gasteiger partial charge on any atom is 0.138 e. The molecule has 0 aliphatic rings. The molecule has 3 heteroatoms. The molecule has 0 N–H and O–H groups in total. The molecule has 0 fully saturated rings. The van der Waals surface area contributed by atoms with Crippen molar-refractivity contribution in [2.75, 3.05) is 4.90 Å².